The van der Waals surface area contributed by atoms with Gasteiger partial charge in [-0.1, -0.05) is 6.07 Å². The molecule has 0 aliphatic carbocycles. The summed E-state index contributed by atoms with van der Waals surface area (Å²) in [5.41, 5.74) is 2.48. The summed E-state index contributed by atoms with van der Waals surface area (Å²) in [6, 6.07) is 6.49. The van der Waals surface area contributed by atoms with Gasteiger partial charge in [0.2, 0.25) is 0 Å². The molecular formula is C12H15Cl2N3. The molecule has 0 saturated carbocycles. The normalized spacial score (nSPS) is 17.5. The Hall–Kier alpha value is -1.06. The zero-order valence-electron chi connectivity index (χ0n) is 9.32. The summed E-state index contributed by atoms with van der Waals surface area (Å²) in [6.45, 7) is 0. The van der Waals surface area contributed by atoms with Gasteiger partial charge in [-0.2, -0.15) is 0 Å². The third-order valence-corrected chi connectivity index (χ3v) is 3.02. The van der Waals surface area contributed by atoms with Gasteiger partial charge < -0.3 is 4.57 Å². The Labute approximate surface area is 113 Å². The van der Waals surface area contributed by atoms with Crippen LogP contribution in [0.3, 0.4) is 0 Å². The molecule has 3 heterocycles. The van der Waals surface area contributed by atoms with Crippen LogP contribution in [0.15, 0.2) is 36.9 Å². The fourth-order valence-electron chi connectivity index (χ4n) is 2.29. The smallest absolute Gasteiger partial charge is 0.0954 e. The Morgan fingerprint density at radius 1 is 1.24 bits per heavy atom. The van der Waals surface area contributed by atoms with Crippen molar-refractivity contribution in [3.8, 4) is 0 Å². The molecule has 1 unspecified atom stereocenters. The monoisotopic (exact) mass is 271 g/mol. The summed E-state index contributed by atoms with van der Waals surface area (Å²) in [5.74, 6) is 0. The predicted molar refractivity (Wildman–Crippen MR) is 72.0 cm³/mol. The van der Waals surface area contributed by atoms with Gasteiger partial charge in [-0.3, -0.25) is 4.98 Å². The van der Waals surface area contributed by atoms with Gasteiger partial charge in [-0.15, -0.1) is 24.8 Å². The maximum Gasteiger partial charge on any atom is 0.0954 e. The summed E-state index contributed by atoms with van der Waals surface area (Å²) in [5, 5.41) is 0. The van der Waals surface area contributed by atoms with Gasteiger partial charge in [0.1, 0.15) is 0 Å². The quantitative estimate of drug-likeness (QED) is 0.798. The Morgan fingerprint density at radius 2 is 2.12 bits per heavy atom. The van der Waals surface area contributed by atoms with E-state index in [9.17, 15) is 0 Å². The highest BCUT2D eigenvalue weighted by Gasteiger charge is 2.21. The van der Waals surface area contributed by atoms with Crippen molar-refractivity contribution in [2.75, 3.05) is 0 Å². The topological polar surface area (TPSA) is 30.7 Å². The summed E-state index contributed by atoms with van der Waals surface area (Å²) < 4.78 is 2.26. The lowest BCUT2D eigenvalue weighted by atomic mass is 10.00. The number of halogens is 2. The van der Waals surface area contributed by atoms with Gasteiger partial charge >= 0.3 is 0 Å². The molecule has 1 aliphatic heterocycles. The lowest BCUT2D eigenvalue weighted by Gasteiger charge is -2.24. The van der Waals surface area contributed by atoms with Gasteiger partial charge in [-0.05, 0) is 31.4 Å². The van der Waals surface area contributed by atoms with Crippen LogP contribution in [0.2, 0.25) is 0 Å². The van der Waals surface area contributed by atoms with Crippen molar-refractivity contribution >= 4 is 24.8 Å². The molecule has 3 rings (SSSR count). The highest BCUT2D eigenvalue weighted by molar-refractivity contribution is 5.85. The van der Waals surface area contributed by atoms with Gasteiger partial charge in [0.05, 0.1) is 18.1 Å². The van der Waals surface area contributed by atoms with Crippen molar-refractivity contribution in [3.63, 3.8) is 0 Å². The summed E-state index contributed by atoms with van der Waals surface area (Å²) in [4.78, 5) is 8.65. The van der Waals surface area contributed by atoms with Crippen LogP contribution in [0.5, 0.6) is 0 Å². The number of nitrogens with zero attached hydrogens (tertiary/aromatic N) is 3. The van der Waals surface area contributed by atoms with E-state index in [0.29, 0.717) is 6.04 Å². The van der Waals surface area contributed by atoms with Crippen molar-refractivity contribution in [1.82, 2.24) is 14.5 Å². The SMILES string of the molecule is Cl.Cl.c1ccc(C2CCCc3cncn32)nc1. The van der Waals surface area contributed by atoms with Crippen LogP contribution in [0.4, 0.5) is 0 Å². The molecule has 1 atom stereocenters. The zero-order chi connectivity index (χ0) is 10.1. The van der Waals surface area contributed by atoms with Crippen LogP contribution >= 0.6 is 24.8 Å². The van der Waals surface area contributed by atoms with Crippen LogP contribution in [0.1, 0.15) is 30.3 Å². The van der Waals surface area contributed by atoms with E-state index in [2.05, 4.69) is 20.6 Å². The van der Waals surface area contributed by atoms with Crippen LogP contribution in [-0.4, -0.2) is 14.5 Å². The molecule has 1 aliphatic rings. The predicted octanol–water partition coefficient (Wildman–Crippen LogP) is 3.05. The summed E-state index contributed by atoms with van der Waals surface area (Å²) in [7, 11) is 0. The Balaban J connectivity index is 0.000000722. The first kappa shape index (κ1) is 14.0. The van der Waals surface area contributed by atoms with Crippen LogP contribution in [0, 0.1) is 0 Å². The van der Waals surface area contributed by atoms with Crippen molar-refractivity contribution in [1.29, 1.82) is 0 Å². The first-order valence-electron chi connectivity index (χ1n) is 5.37. The lowest BCUT2D eigenvalue weighted by Crippen LogP contribution is -2.18. The molecule has 2 aromatic heterocycles. The lowest BCUT2D eigenvalue weighted by molar-refractivity contribution is 0.449. The Kier molecular flexibility index (Phi) is 4.97. The number of hydrogen-bond acceptors (Lipinski definition) is 2. The highest BCUT2D eigenvalue weighted by atomic mass is 35.5. The Bertz CT molecular complexity index is 456. The second kappa shape index (κ2) is 6.03. The molecule has 0 spiro atoms. The van der Waals surface area contributed by atoms with E-state index in [1.165, 1.54) is 18.5 Å². The molecule has 0 N–H and O–H groups in total. The van der Waals surface area contributed by atoms with Crippen molar-refractivity contribution in [3.05, 3.63) is 48.3 Å². The van der Waals surface area contributed by atoms with E-state index in [1.54, 1.807) is 0 Å². The molecule has 0 bridgehead atoms. The molecular weight excluding hydrogens is 257 g/mol. The Morgan fingerprint density at radius 3 is 2.88 bits per heavy atom. The van der Waals surface area contributed by atoms with E-state index in [4.69, 9.17) is 0 Å². The van der Waals surface area contributed by atoms with Gasteiger partial charge in [0, 0.05) is 18.1 Å². The third kappa shape index (κ3) is 2.61. The average molecular weight is 272 g/mol. The minimum Gasteiger partial charge on any atom is -0.326 e. The molecule has 0 aromatic carbocycles. The number of fused-ring (bicyclic) bond motifs is 1. The minimum atomic E-state index is 0. The molecule has 0 saturated heterocycles. The third-order valence-electron chi connectivity index (χ3n) is 3.02. The first-order valence-corrected chi connectivity index (χ1v) is 5.37. The summed E-state index contributed by atoms with van der Waals surface area (Å²) in [6.07, 6.45) is 9.29. The maximum atomic E-state index is 4.43. The van der Waals surface area contributed by atoms with Gasteiger partial charge in [0.15, 0.2) is 0 Å². The molecule has 2 aromatic rings. The number of imidazole rings is 1. The number of aromatic nitrogens is 3. The molecule has 5 heteroatoms. The van der Waals surface area contributed by atoms with Crippen molar-refractivity contribution < 1.29 is 0 Å². The van der Waals surface area contributed by atoms with Gasteiger partial charge in [-0.25, -0.2) is 4.98 Å². The van der Waals surface area contributed by atoms with E-state index >= 15 is 0 Å². The number of pyridine rings is 1. The van der Waals surface area contributed by atoms with E-state index < -0.39 is 0 Å². The molecule has 0 fully saturated rings. The molecule has 3 nitrogen and oxygen atoms in total. The number of rotatable bonds is 1. The maximum absolute atomic E-state index is 4.43. The van der Waals surface area contributed by atoms with E-state index in [-0.39, 0.29) is 24.8 Å². The van der Waals surface area contributed by atoms with E-state index in [1.807, 2.05) is 30.9 Å². The van der Waals surface area contributed by atoms with Crippen LogP contribution in [-0.2, 0) is 6.42 Å². The van der Waals surface area contributed by atoms with Gasteiger partial charge in [0.25, 0.3) is 0 Å². The molecule has 0 radical (unpaired) electrons. The molecule has 17 heavy (non-hydrogen) atoms. The van der Waals surface area contributed by atoms with Crippen LogP contribution < -0.4 is 0 Å². The number of aryl methyl sites for hydroxylation is 1. The highest BCUT2D eigenvalue weighted by Crippen LogP contribution is 2.28. The largest absolute Gasteiger partial charge is 0.326 e. The number of hydrogen-bond donors (Lipinski definition) is 0. The molecule has 0 amide bonds. The van der Waals surface area contributed by atoms with Crippen molar-refractivity contribution in [2.45, 2.75) is 25.3 Å². The van der Waals surface area contributed by atoms with Crippen LogP contribution in [0.25, 0.3) is 0 Å². The summed E-state index contributed by atoms with van der Waals surface area (Å²) >= 11 is 0. The van der Waals surface area contributed by atoms with Crippen molar-refractivity contribution in [2.24, 2.45) is 0 Å². The molecule has 92 valence electrons. The minimum absolute atomic E-state index is 0. The van der Waals surface area contributed by atoms with E-state index in [0.717, 1.165) is 12.1 Å². The second-order valence-corrected chi connectivity index (χ2v) is 3.95. The average Bonchev–Trinajstić information content (AvgIpc) is 2.78. The standard InChI is InChI=1S/C12H13N3.2ClH/c1-2-7-14-11(5-1)12-6-3-4-10-8-13-9-15(10)12;;/h1-2,5,7-9,12H,3-4,6H2;2*1H. The fraction of sp³-hybridized carbons (Fsp3) is 0.333. The first-order chi connectivity index (χ1) is 7.45. The zero-order valence-corrected chi connectivity index (χ0v) is 11.0. The fourth-order valence-corrected chi connectivity index (χ4v) is 2.29. The second-order valence-electron chi connectivity index (χ2n) is 3.95.